The molecule has 0 radical (unpaired) electrons. The quantitative estimate of drug-likeness (QED) is 0.787. The van der Waals surface area contributed by atoms with Gasteiger partial charge in [-0.05, 0) is 26.0 Å². The third kappa shape index (κ3) is 4.50. The van der Waals surface area contributed by atoms with Gasteiger partial charge in [0, 0.05) is 6.04 Å². The van der Waals surface area contributed by atoms with Gasteiger partial charge in [0.15, 0.2) is 6.61 Å². The molecule has 0 aliphatic rings. The fourth-order valence-corrected chi connectivity index (χ4v) is 1.10. The number of hydrogen-bond acceptors (Lipinski definition) is 4. The number of carbonyl (C=O) groups is 2. The zero-order valence-electron chi connectivity index (χ0n) is 9.64. The number of pyridine rings is 1. The van der Waals surface area contributed by atoms with Crippen LogP contribution in [0.5, 0.6) is 5.75 Å². The lowest BCUT2D eigenvalue weighted by Crippen LogP contribution is -2.34. The lowest BCUT2D eigenvalue weighted by molar-refractivity contribution is -0.123. The van der Waals surface area contributed by atoms with Crippen LogP contribution in [0.2, 0.25) is 0 Å². The normalized spacial score (nSPS) is 10.1. The SMILES string of the molecule is CC(C)NC(=O)COc1ccc(C(=O)O)nc1. The molecule has 0 atom stereocenters. The van der Waals surface area contributed by atoms with Gasteiger partial charge in [-0.1, -0.05) is 0 Å². The van der Waals surface area contributed by atoms with Gasteiger partial charge in [-0.2, -0.15) is 0 Å². The van der Waals surface area contributed by atoms with Crippen LogP contribution in [0, 0.1) is 0 Å². The average molecular weight is 238 g/mol. The Morgan fingerprint density at radius 1 is 1.47 bits per heavy atom. The van der Waals surface area contributed by atoms with E-state index in [0.29, 0.717) is 5.75 Å². The fraction of sp³-hybridized carbons (Fsp3) is 0.364. The molecule has 0 saturated heterocycles. The van der Waals surface area contributed by atoms with Gasteiger partial charge in [0.1, 0.15) is 11.4 Å². The van der Waals surface area contributed by atoms with Crippen LogP contribution in [-0.4, -0.2) is 34.6 Å². The molecular weight excluding hydrogens is 224 g/mol. The fourth-order valence-electron chi connectivity index (χ4n) is 1.10. The van der Waals surface area contributed by atoms with Crippen molar-refractivity contribution in [1.82, 2.24) is 10.3 Å². The minimum absolute atomic E-state index is 0.0543. The standard InChI is InChI=1S/C11H14N2O4/c1-7(2)13-10(14)6-17-8-3-4-9(11(15)16)12-5-8/h3-5,7H,6H2,1-2H3,(H,13,14)(H,15,16). The highest BCUT2D eigenvalue weighted by Crippen LogP contribution is 2.08. The van der Waals surface area contributed by atoms with Crippen LogP contribution in [0.1, 0.15) is 24.3 Å². The molecule has 1 heterocycles. The summed E-state index contributed by atoms with van der Waals surface area (Å²) in [6, 6.07) is 2.83. The second-order valence-corrected chi connectivity index (χ2v) is 3.70. The number of ether oxygens (including phenoxy) is 1. The molecule has 2 N–H and O–H groups in total. The first-order valence-electron chi connectivity index (χ1n) is 5.10. The molecule has 1 aromatic rings. The summed E-state index contributed by atoms with van der Waals surface area (Å²) in [7, 11) is 0. The van der Waals surface area contributed by atoms with Crippen molar-refractivity contribution in [3.8, 4) is 5.75 Å². The molecule has 0 aliphatic heterocycles. The third-order valence-electron chi connectivity index (χ3n) is 1.78. The lowest BCUT2D eigenvalue weighted by atomic mass is 10.3. The Morgan fingerprint density at radius 3 is 2.65 bits per heavy atom. The number of rotatable bonds is 5. The second-order valence-electron chi connectivity index (χ2n) is 3.70. The number of carbonyl (C=O) groups excluding carboxylic acids is 1. The van der Waals surface area contributed by atoms with Crippen molar-refractivity contribution in [2.45, 2.75) is 19.9 Å². The maximum Gasteiger partial charge on any atom is 0.354 e. The molecule has 0 unspecified atom stereocenters. The van der Waals surface area contributed by atoms with Gasteiger partial charge >= 0.3 is 5.97 Å². The Bertz CT molecular complexity index is 400. The van der Waals surface area contributed by atoms with Gasteiger partial charge in [-0.25, -0.2) is 9.78 Å². The molecule has 1 rings (SSSR count). The Balaban J connectivity index is 2.47. The topological polar surface area (TPSA) is 88.5 Å². The van der Waals surface area contributed by atoms with Gasteiger partial charge in [0.05, 0.1) is 6.20 Å². The van der Waals surface area contributed by atoms with Gasteiger partial charge < -0.3 is 15.2 Å². The zero-order chi connectivity index (χ0) is 12.8. The maximum atomic E-state index is 11.3. The Morgan fingerprint density at radius 2 is 2.18 bits per heavy atom. The van der Waals surface area contributed by atoms with E-state index in [-0.39, 0.29) is 24.2 Å². The number of aromatic nitrogens is 1. The zero-order valence-corrected chi connectivity index (χ0v) is 9.64. The average Bonchev–Trinajstić information content (AvgIpc) is 2.26. The number of nitrogens with zero attached hydrogens (tertiary/aromatic N) is 1. The van der Waals surface area contributed by atoms with Crippen molar-refractivity contribution in [3.63, 3.8) is 0 Å². The van der Waals surface area contributed by atoms with E-state index in [0.717, 1.165) is 0 Å². The van der Waals surface area contributed by atoms with Crippen LogP contribution in [0.3, 0.4) is 0 Å². The first-order chi connectivity index (χ1) is 7.99. The highest BCUT2D eigenvalue weighted by Gasteiger charge is 2.06. The molecule has 17 heavy (non-hydrogen) atoms. The van der Waals surface area contributed by atoms with Crippen molar-refractivity contribution >= 4 is 11.9 Å². The summed E-state index contributed by atoms with van der Waals surface area (Å²) < 4.78 is 5.14. The maximum absolute atomic E-state index is 11.3. The first-order valence-corrected chi connectivity index (χ1v) is 5.10. The van der Waals surface area contributed by atoms with E-state index in [1.54, 1.807) is 0 Å². The number of aromatic carboxylic acids is 1. The van der Waals surface area contributed by atoms with E-state index >= 15 is 0 Å². The molecular formula is C11H14N2O4. The smallest absolute Gasteiger partial charge is 0.354 e. The number of carboxylic acids is 1. The molecule has 0 saturated carbocycles. The largest absolute Gasteiger partial charge is 0.482 e. The van der Waals surface area contributed by atoms with Crippen LogP contribution in [0.15, 0.2) is 18.3 Å². The summed E-state index contributed by atoms with van der Waals surface area (Å²) in [6.45, 7) is 3.58. The lowest BCUT2D eigenvalue weighted by Gasteiger charge is -2.09. The van der Waals surface area contributed by atoms with E-state index in [1.165, 1.54) is 18.3 Å². The van der Waals surface area contributed by atoms with Gasteiger partial charge in [-0.15, -0.1) is 0 Å². The Kier molecular flexibility index (Phi) is 4.45. The van der Waals surface area contributed by atoms with Crippen LogP contribution in [-0.2, 0) is 4.79 Å². The van der Waals surface area contributed by atoms with Crippen molar-refractivity contribution in [2.24, 2.45) is 0 Å². The van der Waals surface area contributed by atoms with Crippen molar-refractivity contribution in [2.75, 3.05) is 6.61 Å². The van der Waals surface area contributed by atoms with Gasteiger partial charge in [-0.3, -0.25) is 4.79 Å². The summed E-state index contributed by atoms with van der Waals surface area (Å²) in [4.78, 5) is 25.4. The molecule has 0 aromatic carbocycles. The number of carboxylic acid groups (broad SMARTS) is 1. The number of amides is 1. The van der Waals surface area contributed by atoms with Crippen LogP contribution in [0.4, 0.5) is 0 Å². The van der Waals surface area contributed by atoms with E-state index in [1.807, 2.05) is 13.8 Å². The molecule has 6 nitrogen and oxygen atoms in total. The van der Waals surface area contributed by atoms with Crippen LogP contribution >= 0.6 is 0 Å². The summed E-state index contributed by atoms with van der Waals surface area (Å²) in [5, 5.41) is 11.3. The van der Waals surface area contributed by atoms with E-state index in [2.05, 4.69) is 10.3 Å². The van der Waals surface area contributed by atoms with Crippen molar-refractivity contribution in [1.29, 1.82) is 0 Å². The number of hydrogen-bond donors (Lipinski definition) is 2. The summed E-state index contributed by atoms with van der Waals surface area (Å²) in [5.41, 5.74) is -0.0658. The van der Waals surface area contributed by atoms with Gasteiger partial charge in [0.25, 0.3) is 5.91 Å². The van der Waals surface area contributed by atoms with E-state index in [4.69, 9.17) is 9.84 Å². The molecule has 92 valence electrons. The second kappa shape index (κ2) is 5.83. The number of nitrogens with one attached hydrogen (secondary N) is 1. The van der Waals surface area contributed by atoms with Crippen molar-refractivity contribution in [3.05, 3.63) is 24.0 Å². The molecule has 0 spiro atoms. The van der Waals surface area contributed by atoms with Gasteiger partial charge in [0.2, 0.25) is 0 Å². The minimum Gasteiger partial charge on any atom is -0.482 e. The first kappa shape index (κ1) is 13.0. The highest BCUT2D eigenvalue weighted by atomic mass is 16.5. The van der Waals surface area contributed by atoms with Crippen LogP contribution < -0.4 is 10.1 Å². The molecule has 0 aliphatic carbocycles. The monoisotopic (exact) mass is 238 g/mol. The van der Waals surface area contributed by atoms with Crippen molar-refractivity contribution < 1.29 is 19.4 Å². The summed E-state index contributed by atoms with van der Waals surface area (Å²) >= 11 is 0. The molecule has 1 aromatic heterocycles. The molecule has 0 bridgehead atoms. The minimum atomic E-state index is -1.10. The summed E-state index contributed by atoms with van der Waals surface area (Å²) in [5.74, 6) is -0.981. The molecule has 6 heteroatoms. The predicted molar refractivity (Wildman–Crippen MR) is 60.0 cm³/mol. The Hall–Kier alpha value is -2.11. The molecule has 0 fully saturated rings. The van der Waals surface area contributed by atoms with E-state index in [9.17, 15) is 9.59 Å². The predicted octanol–water partition coefficient (Wildman–Crippen LogP) is 0.683. The third-order valence-corrected chi connectivity index (χ3v) is 1.78. The summed E-state index contributed by atoms with van der Waals surface area (Å²) in [6.07, 6.45) is 1.27. The Labute approximate surface area is 98.6 Å². The van der Waals surface area contributed by atoms with E-state index < -0.39 is 5.97 Å². The van der Waals surface area contributed by atoms with Crippen LogP contribution in [0.25, 0.3) is 0 Å². The molecule has 1 amide bonds. The highest BCUT2D eigenvalue weighted by molar-refractivity contribution is 5.85.